The molecule has 1 fully saturated rings. The number of nitrogens with zero attached hydrogens (tertiary/aromatic N) is 1. The lowest BCUT2D eigenvalue weighted by molar-refractivity contribution is -0.116. The Morgan fingerprint density at radius 3 is 3.22 bits per heavy atom. The molecule has 1 aliphatic rings. The van der Waals surface area contributed by atoms with Gasteiger partial charge in [0.1, 0.15) is 5.82 Å². The van der Waals surface area contributed by atoms with E-state index in [0.29, 0.717) is 12.2 Å². The highest BCUT2D eigenvalue weighted by Gasteiger charge is 2.16. The molecule has 1 atom stereocenters. The minimum atomic E-state index is 0.0178. The van der Waals surface area contributed by atoms with E-state index in [1.165, 1.54) is 0 Å². The van der Waals surface area contributed by atoms with Gasteiger partial charge in [0.25, 0.3) is 0 Å². The fraction of sp³-hybridized carbons (Fsp3) is 0.500. The Morgan fingerprint density at radius 1 is 1.72 bits per heavy atom. The Balaban J connectivity index is 1.88. The summed E-state index contributed by atoms with van der Waals surface area (Å²) in [5, 5.41) is 6.18. The Hall–Kier alpha value is -0.590. The molecule has 6 heteroatoms. The number of rotatable bonds is 3. The van der Waals surface area contributed by atoms with Crippen LogP contribution in [0.15, 0.2) is 16.7 Å². The predicted octanol–water partition coefficient (Wildman–Crippen LogP) is 2.19. The highest BCUT2D eigenvalue weighted by molar-refractivity contribution is 9.10. The van der Waals surface area contributed by atoms with Gasteiger partial charge in [-0.2, -0.15) is 11.8 Å². The average molecular weight is 330 g/mol. The first-order chi connectivity index (χ1) is 8.65. The summed E-state index contributed by atoms with van der Waals surface area (Å²) in [6.45, 7) is 2.96. The van der Waals surface area contributed by atoms with Crippen LogP contribution in [0.2, 0.25) is 0 Å². The summed E-state index contributed by atoms with van der Waals surface area (Å²) >= 11 is 5.28. The molecule has 1 aliphatic heterocycles. The molecule has 1 unspecified atom stereocenters. The SMILES string of the molecule is Cc1cc(NC(=O)CC2CSCCN2)ncc1Br. The van der Waals surface area contributed by atoms with Crippen molar-refractivity contribution in [3.63, 3.8) is 0 Å². The van der Waals surface area contributed by atoms with Crippen LogP contribution in [0.3, 0.4) is 0 Å². The fourth-order valence-electron chi connectivity index (χ4n) is 1.78. The lowest BCUT2D eigenvalue weighted by Crippen LogP contribution is -2.39. The molecule has 4 nitrogen and oxygen atoms in total. The molecule has 0 bridgehead atoms. The maximum absolute atomic E-state index is 11.9. The van der Waals surface area contributed by atoms with Crippen molar-refractivity contribution < 1.29 is 4.79 Å². The van der Waals surface area contributed by atoms with Crippen molar-refractivity contribution in [3.05, 3.63) is 22.3 Å². The number of nitrogens with one attached hydrogen (secondary N) is 2. The Bertz CT molecular complexity index is 435. The number of carbonyl (C=O) groups is 1. The van der Waals surface area contributed by atoms with Crippen molar-refractivity contribution in [2.45, 2.75) is 19.4 Å². The van der Waals surface area contributed by atoms with Gasteiger partial charge >= 0.3 is 0 Å². The summed E-state index contributed by atoms with van der Waals surface area (Å²) in [6.07, 6.45) is 2.21. The van der Waals surface area contributed by atoms with Gasteiger partial charge in [0.05, 0.1) is 0 Å². The lowest BCUT2D eigenvalue weighted by atomic mass is 10.2. The number of hydrogen-bond acceptors (Lipinski definition) is 4. The van der Waals surface area contributed by atoms with E-state index in [1.807, 2.05) is 24.8 Å². The number of aryl methyl sites for hydroxylation is 1. The first-order valence-corrected chi connectivity index (χ1v) is 7.83. The molecular weight excluding hydrogens is 314 g/mol. The van der Waals surface area contributed by atoms with Crippen molar-refractivity contribution >= 4 is 39.4 Å². The fourth-order valence-corrected chi connectivity index (χ4v) is 2.94. The Kier molecular flexibility index (Phi) is 5.03. The molecule has 1 aromatic rings. The van der Waals surface area contributed by atoms with E-state index in [4.69, 9.17) is 0 Å². The minimum Gasteiger partial charge on any atom is -0.312 e. The minimum absolute atomic E-state index is 0.0178. The van der Waals surface area contributed by atoms with E-state index in [1.54, 1.807) is 6.20 Å². The van der Waals surface area contributed by atoms with Gasteiger partial charge in [0.15, 0.2) is 0 Å². The molecule has 0 aromatic carbocycles. The third kappa shape index (κ3) is 3.96. The molecule has 0 radical (unpaired) electrons. The molecular formula is C12H16BrN3OS. The summed E-state index contributed by atoms with van der Waals surface area (Å²) in [5.74, 6) is 2.76. The summed E-state index contributed by atoms with van der Waals surface area (Å²) in [6, 6.07) is 2.14. The van der Waals surface area contributed by atoms with Gasteiger partial charge in [-0.25, -0.2) is 4.98 Å². The molecule has 1 amide bonds. The smallest absolute Gasteiger partial charge is 0.227 e. The van der Waals surface area contributed by atoms with Crippen LogP contribution < -0.4 is 10.6 Å². The van der Waals surface area contributed by atoms with Crippen molar-refractivity contribution in [3.8, 4) is 0 Å². The third-order valence-corrected chi connectivity index (χ3v) is 4.71. The average Bonchev–Trinajstić information content (AvgIpc) is 2.35. The van der Waals surface area contributed by atoms with Gasteiger partial charge in [-0.1, -0.05) is 0 Å². The molecule has 2 heterocycles. The number of anilines is 1. The molecule has 18 heavy (non-hydrogen) atoms. The van der Waals surface area contributed by atoms with Gasteiger partial charge in [0, 0.05) is 41.2 Å². The number of amides is 1. The van der Waals surface area contributed by atoms with Gasteiger partial charge in [-0.05, 0) is 34.5 Å². The quantitative estimate of drug-likeness (QED) is 0.892. The molecule has 1 saturated heterocycles. The number of pyridine rings is 1. The monoisotopic (exact) mass is 329 g/mol. The highest BCUT2D eigenvalue weighted by atomic mass is 79.9. The van der Waals surface area contributed by atoms with Gasteiger partial charge < -0.3 is 10.6 Å². The Labute approximate surface area is 119 Å². The topological polar surface area (TPSA) is 54.0 Å². The molecule has 1 aromatic heterocycles. The van der Waals surface area contributed by atoms with Crippen LogP contribution >= 0.6 is 27.7 Å². The van der Waals surface area contributed by atoms with E-state index in [-0.39, 0.29) is 11.9 Å². The van der Waals surface area contributed by atoms with Crippen molar-refractivity contribution in [1.82, 2.24) is 10.3 Å². The zero-order valence-corrected chi connectivity index (χ0v) is 12.6. The second-order valence-corrected chi connectivity index (χ2v) is 6.30. The van der Waals surface area contributed by atoms with Crippen LogP contribution in [0.4, 0.5) is 5.82 Å². The number of hydrogen-bond donors (Lipinski definition) is 2. The molecule has 98 valence electrons. The molecule has 2 rings (SSSR count). The largest absolute Gasteiger partial charge is 0.312 e. The van der Waals surface area contributed by atoms with E-state index in [0.717, 1.165) is 28.1 Å². The summed E-state index contributed by atoms with van der Waals surface area (Å²) in [7, 11) is 0. The number of halogens is 1. The van der Waals surface area contributed by atoms with Crippen LogP contribution in [0.5, 0.6) is 0 Å². The van der Waals surface area contributed by atoms with Crippen LogP contribution in [0.25, 0.3) is 0 Å². The van der Waals surface area contributed by atoms with E-state index >= 15 is 0 Å². The van der Waals surface area contributed by atoms with Crippen molar-refractivity contribution in [1.29, 1.82) is 0 Å². The molecule has 2 N–H and O–H groups in total. The zero-order chi connectivity index (χ0) is 13.0. The lowest BCUT2D eigenvalue weighted by Gasteiger charge is -2.22. The first-order valence-electron chi connectivity index (χ1n) is 5.88. The Morgan fingerprint density at radius 2 is 2.56 bits per heavy atom. The summed E-state index contributed by atoms with van der Waals surface area (Å²) in [4.78, 5) is 16.0. The second kappa shape index (κ2) is 6.54. The van der Waals surface area contributed by atoms with Crippen LogP contribution in [-0.4, -0.2) is 35.0 Å². The van der Waals surface area contributed by atoms with E-state index in [2.05, 4.69) is 31.5 Å². The first kappa shape index (κ1) is 13.8. The zero-order valence-electron chi connectivity index (χ0n) is 10.2. The summed E-state index contributed by atoms with van der Waals surface area (Å²) < 4.78 is 0.950. The number of aromatic nitrogens is 1. The predicted molar refractivity (Wildman–Crippen MR) is 79.0 cm³/mol. The molecule has 0 spiro atoms. The number of carbonyl (C=O) groups excluding carboxylic acids is 1. The van der Waals surface area contributed by atoms with Gasteiger partial charge in [-0.15, -0.1) is 0 Å². The normalized spacial score (nSPS) is 19.6. The van der Waals surface area contributed by atoms with Crippen LogP contribution in [0.1, 0.15) is 12.0 Å². The highest BCUT2D eigenvalue weighted by Crippen LogP contribution is 2.17. The molecule has 0 aliphatic carbocycles. The third-order valence-electron chi connectivity index (χ3n) is 2.74. The van der Waals surface area contributed by atoms with Gasteiger partial charge in [-0.3, -0.25) is 4.79 Å². The number of thioether (sulfide) groups is 1. The van der Waals surface area contributed by atoms with Crippen molar-refractivity contribution in [2.75, 3.05) is 23.4 Å². The molecule has 0 saturated carbocycles. The second-order valence-electron chi connectivity index (χ2n) is 4.30. The van der Waals surface area contributed by atoms with E-state index in [9.17, 15) is 4.79 Å². The maximum Gasteiger partial charge on any atom is 0.227 e. The van der Waals surface area contributed by atoms with Crippen molar-refractivity contribution in [2.24, 2.45) is 0 Å². The maximum atomic E-state index is 11.9. The van der Waals surface area contributed by atoms with Crippen LogP contribution in [0, 0.1) is 6.92 Å². The summed E-state index contributed by atoms with van der Waals surface area (Å²) in [5.41, 5.74) is 1.06. The standard InChI is InChI=1S/C12H16BrN3OS/c1-8-4-11(15-6-10(8)13)16-12(17)5-9-7-18-3-2-14-9/h4,6,9,14H,2-3,5,7H2,1H3,(H,15,16,17). The van der Waals surface area contributed by atoms with E-state index < -0.39 is 0 Å². The van der Waals surface area contributed by atoms with Gasteiger partial charge in [0.2, 0.25) is 5.91 Å². The van der Waals surface area contributed by atoms with Crippen LogP contribution in [-0.2, 0) is 4.79 Å².